The van der Waals surface area contributed by atoms with Crippen molar-refractivity contribution in [2.45, 2.75) is 37.4 Å². The first kappa shape index (κ1) is 25.5. The normalized spacial score (nSPS) is 12.4. The second-order valence-electron chi connectivity index (χ2n) is 8.93. The molecule has 0 aliphatic heterocycles. The number of pyridine rings is 1. The number of aryl methyl sites for hydroxylation is 1. The number of hydrogen-bond acceptors (Lipinski definition) is 4. The predicted octanol–water partition coefficient (Wildman–Crippen LogP) is 6.65. The van der Waals surface area contributed by atoms with Gasteiger partial charge in [0.05, 0.1) is 33.0 Å². The van der Waals surface area contributed by atoms with Crippen LogP contribution in [0.5, 0.6) is 0 Å². The van der Waals surface area contributed by atoms with E-state index in [4.69, 9.17) is 0 Å². The summed E-state index contributed by atoms with van der Waals surface area (Å²) in [7, 11) is -5.16. The van der Waals surface area contributed by atoms with Crippen molar-refractivity contribution in [3.63, 3.8) is 0 Å². The fourth-order valence-electron chi connectivity index (χ4n) is 4.77. The molecule has 5 aromatic rings. The third kappa shape index (κ3) is 4.20. The Morgan fingerprint density at radius 2 is 1.82 bits per heavy atom. The molecule has 6 nitrogen and oxygen atoms in total. The summed E-state index contributed by atoms with van der Waals surface area (Å²) < 4.78 is 81.1. The van der Waals surface area contributed by atoms with Crippen molar-refractivity contribution < 1.29 is 25.5 Å². The van der Waals surface area contributed by atoms with E-state index in [1.54, 1.807) is 16.7 Å². The zero-order valence-electron chi connectivity index (χ0n) is 19.9. The molecule has 5 rings (SSSR count). The molecule has 2 aromatic heterocycles. The first-order valence-electron chi connectivity index (χ1n) is 11.6. The monoisotopic (exact) mass is 541 g/mol. The highest BCUT2D eigenvalue weighted by Gasteiger charge is 2.35. The molecule has 0 atom stereocenters. The maximum Gasteiger partial charge on any atom is 0.417 e. The molecule has 11 heteroatoms. The number of halogens is 4. The minimum absolute atomic E-state index is 0.163. The maximum absolute atomic E-state index is 14.3. The molecule has 0 amide bonds. The van der Waals surface area contributed by atoms with Crippen LogP contribution in [0.2, 0.25) is 0 Å². The lowest BCUT2D eigenvalue weighted by molar-refractivity contribution is -0.137. The molecule has 0 unspecified atom stereocenters. The van der Waals surface area contributed by atoms with E-state index in [1.165, 1.54) is 18.2 Å². The molecule has 194 valence electrons. The Kier molecular flexibility index (Phi) is 6.03. The number of fused-ring (bicyclic) bond motifs is 4. The fraction of sp³-hybridized carbons (Fsp3) is 0.185. The van der Waals surface area contributed by atoms with Crippen molar-refractivity contribution >= 4 is 43.1 Å². The van der Waals surface area contributed by atoms with E-state index in [0.717, 1.165) is 30.7 Å². The largest absolute Gasteiger partial charge is 0.417 e. The van der Waals surface area contributed by atoms with E-state index in [1.807, 2.05) is 13.0 Å². The number of H-pyrrole nitrogens is 1. The molecule has 38 heavy (non-hydrogen) atoms. The van der Waals surface area contributed by atoms with Crippen molar-refractivity contribution in [2.75, 3.05) is 0 Å². The Morgan fingerprint density at radius 3 is 2.47 bits per heavy atom. The molecular formula is C27H19F4N3O3S. The Hall–Kier alpha value is -4.17. The van der Waals surface area contributed by atoms with Gasteiger partial charge in [-0.3, -0.25) is 4.79 Å². The predicted molar refractivity (Wildman–Crippen MR) is 136 cm³/mol. The number of aromatic nitrogens is 2. The van der Waals surface area contributed by atoms with Gasteiger partial charge < -0.3 is 9.55 Å². The SMILES string of the molecule is CCCCn1c2cc(-c3cccc(S(=O)(=O)F)c3)c(C(F)(F)F)cc2c(=O)c2c3ccc(C#N)cc3[nH]c21. The van der Waals surface area contributed by atoms with Crippen molar-refractivity contribution in [3.05, 3.63) is 75.9 Å². The van der Waals surface area contributed by atoms with Crippen LogP contribution < -0.4 is 5.43 Å². The van der Waals surface area contributed by atoms with Gasteiger partial charge in [-0.1, -0.05) is 31.5 Å². The van der Waals surface area contributed by atoms with Gasteiger partial charge in [0.15, 0.2) is 5.43 Å². The second-order valence-corrected chi connectivity index (χ2v) is 10.3. The van der Waals surface area contributed by atoms with Gasteiger partial charge in [-0.2, -0.15) is 26.9 Å². The van der Waals surface area contributed by atoms with Crippen LogP contribution in [0.1, 0.15) is 30.9 Å². The molecule has 2 heterocycles. The topological polar surface area (TPSA) is 95.7 Å². The van der Waals surface area contributed by atoms with Gasteiger partial charge in [0.1, 0.15) is 5.65 Å². The minimum Gasteiger partial charge on any atom is -0.340 e. The number of rotatable bonds is 5. The standard InChI is InChI=1S/C27H19F4N3O3S/c1-2-3-9-34-23-13-19(16-5-4-6-17(11-16)38(31,36)37)21(27(28,29)30)12-20(23)25(35)24-18-8-7-15(14-32)10-22(18)33-26(24)34/h4-8,10-13,33H,2-3,9H2,1H3. The summed E-state index contributed by atoms with van der Waals surface area (Å²) in [5, 5.41) is 9.79. The molecule has 0 radical (unpaired) electrons. The molecule has 0 spiro atoms. The van der Waals surface area contributed by atoms with Gasteiger partial charge in [-0.05, 0) is 53.9 Å². The third-order valence-electron chi connectivity index (χ3n) is 6.54. The van der Waals surface area contributed by atoms with E-state index < -0.39 is 32.3 Å². The van der Waals surface area contributed by atoms with Crippen LogP contribution >= 0.6 is 0 Å². The van der Waals surface area contributed by atoms with Crippen LogP contribution in [0.3, 0.4) is 0 Å². The highest BCUT2D eigenvalue weighted by molar-refractivity contribution is 7.86. The van der Waals surface area contributed by atoms with E-state index in [-0.39, 0.29) is 27.4 Å². The molecule has 1 N–H and O–H groups in total. The highest BCUT2D eigenvalue weighted by Crippen LogP contribution is 2.40. The fourth-order valence-corrected chi connectivity index (χ4v) is 5.28. The number of alkyl halides is 3. The Labute approximate surface area is 213 Å². The first-order chi connectivity index (χ1) is 17.9. The molecule has 0 saturated carbocycles. The lowest BCUT2D eigenvalue weighted by atomic mass is 9.96. The summed E-state index contributed by atoms with van der Waals surface area (Å²) in [6, 6.07) is 12.9. The number of nitrogens with one attached hydrogen (secondary N) is 1. The Balaban J connectivity index is 1.95. The van der Waals surface area contributed by atoms with E-state index in [9.17, 15) is 35.5 Å². The van der Waals surface area contributed by atoms with E-state index >= 15 is 0 Å². The molecule has 0 bridgehead atoms. The van der Waals surface area contributed by atoms with Crippen LogP contribution in [0, 0.1) is 11.3 Å². The van der Waals surface area contributed by atoms with E-state index in [2.05, 4.69) is 4.98 Å². The highest BCUT2D eigenvalue weighted by atomic mass is 32.3. The molecule has 3 aromatic carbocycles. The van der Waals surface area contributed by atoms with Gasteiger partial charge in [0, 0.05) is 22.8 Å². The average Bonchev–Trinajstić information content (AvgIpc) is 3.25. The number of aromatic amines is 1. The zero-order valence-corrected chi connectivity index (χ0v) is 20.7. The molecule has 0 aliphatic carbocycles. The average molecular weight is 542 g/mol. The van der Waals surface area contributed by atoms with Crippen LogP contribution in [0.25, 0.3) is 44.0 Å². The van der Waals surface area contributed by atoms with Gasteiger partial charge in [0.25, 0.3) is 0 Å². The summed E-state index contributed by atoms with van der Waals surface area (Å²) in [4.78, 5) is 16.0. The first-order valence-corrected chi connectivity index (χ1v) is 13.0. The van der Waals surface area contributed by atoms with Gasteiger partial charge in [-0.25, -0.2) is 0 Å². The quantitative estimate of drug-likeness (QED) is 0.199. The Morgan fingerprint density at radius 1 is 1.05 bits per heavy atom. The number of hydrogen-bond donors (Lipinski definition) is 1. The summed E-state index contributed by atoms with van der Waals surface area (Å²) in [6.45, 7) is 2.31. The van der Waals surface area contributed by atoms with E-state index in [0.29, 0.717) is 35.1 Å². The lowest BCUT2D eigenvalue weighted by Crippen LogP contribution is -2.15. The van der Waals surface area contributed by atoms with Gasteiger partial charge >= 0.3 is 16.4 Å². The number of nitrogens with zero attached hydrogens (tertiary/aromatic N) is 2. The summed E-state index contributed by atoms with van der Waals surface area (Å²) >= 11 is 0. The molecular weight excluding hydrogens is 522 g/mol. The number of unbranched alkanes of at least 4 members (excludes halogenated alkanes) is 1. The molecule has 0 saturated heterocycles. The summed E-state index contributed by atoms with van der Waals surface area (Å²) in [5.74, 6) is 0. The summed E-state index contributed by atoms with van der Waals surface area (Å²) in [6.07, 6.45) is -3.48. The smallest absolute Gasteiger partial charge is 0.340 e. The van der Waals surface area contributed by atoms with Gasteiger partial charge in [0.2, 0.25) is 0 Å². The number of nitriles is 1. The minimum atomic E-state index is -5.16. The zero-order chi connectivity index (χ0) is 27.4. The van der Waals surface area contributed by atoms with Crippen molar-refractivity contribution in [1.82, 2.24) is 9.55 Å². The Bertz CT molecular complexity index is 1970. The molecule has 0 fully saturated rings. The summed E-state index contributed by atoms with van der Waals surface area (Å²) in [5.41, 5.74) is -0.865. The second kappa shape index (κ2) is 8.99. The van der Waals surface area contributed by atoms with Crippen molar-refractivity contribution in [2.24, 2.45) is 0 Å². The van der Waals surface area contributed by atoms with Gasteiger partial charge in [-0.15, -0.1) is 3.89 Å². The van der Waals surface area contributed by atoms with Crippen LogP contribution in [0.4, 0.5) is 17.1 Å². The number of benzene rings is 3. The third-order valence-corrected chi connectivity index (χ3v) is 7.36. The molecule has 0 aliphatic rings. The lowest BCUT2D eigenvalue weighted by Gasteiger charge is -2.18. The van der Waals surface area contributed by atoms with Crippen LogP contribution in [0.15, 0.2) is 64.3 Å². The van der Waals surface area contributed by atoms with Crippen molar-refractivity contribution in [1.29, 1.82) is 5.26 Å². The van der Waals surface area contributed by atoms with Crippen LogP contribution in [-0.4, -0.2) is 18.0 Å². The van der Waals surface area contributed by atoms with Crippen LogP contribution in [-0.2, 0) is 22.9 Å². The van der Waals surface area contributed by atoms with Crippen molar-refractivity contribution in [3.8, 4) is 17.2 Å². The maximum atomic E-state index is 14.3.